The number of esters is 1. The molecule has 1 unspecified atom stereocenters. The highest BCUT2D eigenvalue weighted by Crippen LogP contribution is 2.34. The van der Waals surface area contributed by atoms with Crippen LogP contribution >= 0.6 is 0 Å². The minimum atomic E-state index is -4.04. The van der Waals surface area contributed by atoms with Gasteiger partial charge < -0.3 is 24.3 Å². The first-order chi connectivity index (χ1) is 19.9. The number of carboxylic acid groups (broad SMARTS) is 1. The molecule has 42 heavy (non-hydrogen) atoms. The van der Waals surface area contributed by atoms with Gasteiger partial charge in [-0.1, -0.05) is 44.2 Å². The highest BCUT2D eigenvalue weighted by atomic mass is 32.2. The number of aliphatic carboxylic acids is 1. The molecule has 3 N–H and O–H groups in total. The summed E-state index contributed by atoms with van der Waals surface area (Å²) in [5, 5.41) is 12.7. The molecule has 0 spiro atoms. The number of aryl methyl sites for hydroxylation is 1. The number of rotatable bonds is 11. The van der Waals surface area contributed by atoms with Crippen LogP contribution in [-0.2, 0) is 24.3 Å². The number of hydrogen-bond donors (Lipinski definition) is 3. The zero-order valence-corrected chi connectivity index (χ0v) is 24.2. The molecule has 1 heterocycles. The fourth-order valence-corrected chi connectivity index (χ4v) is 5.60. The average Bonchev–Trinajstić information content (AvgIpc) is 3.31. The Morgan fingerprint density at radius 2 is 1.57 bits per heavy atom. The van der Waals surface area contributed by atoms with Crippen LogP contribution < -0.4 is 14.8 Å². The monoisotopic (exact) mass is 594 g/mol. The normalized spacial score (nSPS) is 12.2. The van der Waals surface area contributed by atoms with Crippen LogP contribution in [0.25, 0.3) is 22.1 Å². The van der Waals surface area contributed by atoms with Gasteiger partial charge in [-0.2, -0.15) is 4.72 Å². The molecule has 0 aliphatic heterocycles. The maximum atomic E-state index is 13.1. The van der Waals surface area contributed by atoms with Crippen LogP contribution in [0.1, 0.15) is 30.0 Å². The molecule has 1 amide bonds. The number of nitrogens with one attached hydrogen (secondary N) is 2. The summed E-state index contributed by atoms with van der Waals surface area (Å²) < 4.78 is 43.6. The Morgan fingerprint density at radius 1 is 0.952 bits per heavy atom. The molecule has 0 aliphatic rings. The van der Waals surface area contributed by atoms with E-state index >= 15 is 0 Å². The maximum Gasteiger partial charge on any atom is 0.343 e. The number of carbonyl (C=O) groups excluding carboxylic acids is 2. The Bertz CT molecular complexity index is 1730. The Balaban J connectivity index is 1.47. The van der Waals surface area contributed by atoms with Gasteiger partial charge in [-0.25, -0.2) is 13.2 Å². The highest BCUT2D eigenvalue weighted by Gasteiger charge is 2.28. The number of ether oxygens (including phenoxy) is 2. The summed E-state index contributed by atoms with van der Waals surface area (Å²) in [5.74, 6) is -2.21. The van der Waals surface area contributed by atoms with Crippen molar-refractivity contribution in [3.63, 3.8) is 0 Å². The predicted octanol–water partition coefficient (Wildman–Crippen LogP) is 4.60. The molecule has 0 saturated heterocycles. The van der Waals surface area contributed by atoms with Crippen molar-refractivity contribution in [1.29, 1.82) is 0 Å². The van der Waals surface area contributed by atoms with Crippen molar-refractivity contribution in [2.75, 3.05) is 19.0 Å². The van der Waals surface area contributed by atoms with Gasteiger partial charge in [0.05, 0.1) is 17.4 Å². The summed E-state index contributed by atoms with van der Waals surface area (Å²) in [6.45, 7) is 4.68. The molecule has 3 aromatic carbocycles. The number of furan rings is 1. The van der Waals surface area contributed by atoms with Crippen LogP contribution in [0.4, 0.5) is 5.69 Å². The van der Waals surface area contributed by atoms with Crippen molar-refractivity contribution in [3.05, 3.63) is 78.1 Å². The molecule has 0 bridgehead atoms. The lowest BCUT2D eigenvalue weighted by Gasteiger charge is -2.18. The molecule has 1 atom stereocenters. The Kier molecular flexibility index (Phi) is 8.98. The largest absolute Gasteiger partial charge is 0.481 e. The van der Waals surface area contributed by atoms with E-state index in [0.29, 0.717) is 28.0 Å². The second-order valence-electron chi connectivity index (χ2n) is 9.79. The van der Waals surface area contributed by atoms with Gasteiger partial charge in [0.2, 0.25) is 10.0 Å². The topological polar surface area (TPSA) is 161 Å². The van der Waals surface area contributed by atoms with Gasteiger partial charge in [-0.05, 0) is 60.4 Å². The quantitative estimate of drug-likeness (QED) is 0.211. The zero-order valence-electron chi connectivity index (χ0n) is 23.3. The smallest absolute Gasteiger partial charge is 0.343 e. The van der Waals surface area contributed by atoms with E-state index in [9.17, 15) is 27.9 Å². The SMILES string of the molecule is COC(=O)COc1cccc2oc(C(=O)Nc3ccc(-c4ccc(S(=O)(=O)NC(C(=O)O)C(C)C)cc4)cc3)c(C)c12. The molecule has 220 valence electrons. The molecule has 0 aliphatic carbocycles. The molecule has 4 rings (SSSR count). The number of methoxy groups -OCH3 is 1. The van der Waals surface area contributed by atoms with Gasteiger partial charge in [-0.3, -0.25) is 9.59 Å². The highest BCUT2D eigenvalue weighted by molar-refractivity contribution is 7.89. The third-order valence-corrected chi connectivity index (χ3v) is 8.01. The summed E-state index contributed by atoms with van der Waals surface area (Å²) in [7, 11) is -2.77. The van der Waals surface area contributed by atoms with Crippen molar-refractivity contribution in [2.24, 2.45) is 5.92 Å². The first kappa shape index (κ1) is 30.3. The number of hydrogen-bond acceptors (Lipinski definition) is 8. The average molecular weight is 595 g/mol. The molecule has 0 radical (unpaired) electrons. The summed E-state index contributed by atoms with van der Waals surface area (Å²) in [4.78, 5) is 35.9. The molecular formula is C30H30N2O9S. The van der Waals surface area contributed by atoms with Crippen LogP contribution in [0.15, 0.2) is 76.0 Å². The van der Waals surface area contributed by atoms with Crippen LogP contribution in [0.3, 0.4) is 0 Å². The van der Waals surface area contributed by atoms with E-state index in [-0.39, 0.29) is 17.3 Å². The van der Waals surface area contributed by atoms with Crippen molar-refractivity contribution in [1.82, 2.24) is 4.72 Å². The van der Waals surface area contributed by atoms with Crippen LogP contribution in [-0.4, -0.2) is 51.1 Å². The maximum absolute atomic E-state index is 13.1. The Labute approximate surface area is 242 Å². The molecule has 0 fully saturated rings. The number of fused-ring (bicyclic) bond motifs is 1. The fraction of sp³-hybridized carbons (Fsp3) is 0.233. The number of amides is 1. The van der Waals surface area contributed by atoms with E-state index in [1.807, 2.05) is 0 Å². The first-order valence-electron chi connectivity index (χ1n) is 12.9. The fourth-order valence-electron chi connectivity index (χ4n) is 4.27. The van der Waals surface area contributed by atoms with Gasteiger partial charge in [0, 0.05) is 11.3 Å². The first-order valence-corrected chi connectivity index (χ1v) is 14.4. The molecular weight excluding hydrogens is 564 g/mol. The van der Waals surface area contributed by atoms with Crippen molar-refractivity contribution in [3.8, 4) is 16.9 Å². The number of sulfonamides is 1. The molecule has 1 aromatic heterocycles. The third kappa shape index (κ3) is 6.61. The second kappa shape index (κ2) is 12.5. The number of carboxylic acids is 1. The van der Waals surface area contributed by atoms with Gasteiger partial charge in [-0.15, -0.1) is 0 Å². The standard InChI is InChI=1S/C30H30N2O9S/c1-17(2)27(30(35)36)32-42(37,38)22-14-10-20(11-15-22)19-8-12-21(13-9-19)31-29(34)28-18(3)26-23(40-16-25(33)39-4)6-5-7-24(26)41-28/h5-15,17,27,32H,16H2,1-4H3,(H,31,34)(H,35,36). The lowest BCUT2D eigenvalue weighted by atomic mass is 10.1. The van der Waals surface area contributed by atoms with E-state index < -0.39 is 39.8 Å². The van der Waals surface area contributed by atoms with Crippen LogP contribution in [0.2, 0.25) is 0 Å². The van der Waals surface area contributed by atoms with Crippen molar-refractivity contribution in [2.45, 2.75) is 31.7 Å². The van der Waals surface area contributed by atoms with E-state index in [1.165, 1.54) is 19.2 Å². The van der Waals surface area contributed by atoms with Crippen LogP contribution in [0, 0.1) is 12.8 Å². The Morgan fingerprint density at radius 3 is 2.14 bits per heavy atom. The van der Waals surface area contributed by atoms with Gasteiger partial charge >= 0.3 is 11.9 Å². The van der Waals surface area contributed by atoms with Crippen molar-refractivity contribution < 1.29 is 41.8 Å². The summed E-state index contributed by atoms with van der Waals surface area (Å²) in [5.41, 5.74) is 2.97. The lowest BCUT2D eigenvalue weighted by molar-refractivity contribution is -0.143. The van der Waals surface area contributed by atoms with E-state index in [1.54, 1.807) is 75.4 Å². The molecule has 11 nitrogen and oxygen atoms in total. The number of carbonyl (C=O) groups is 3. The summed E-state index contributed by atoms with van der Waals surface area (Å²) in [6, 6.07) is 16.8. The minimum Gasteiger partial charge on any atom is -0.481 e. The lowest BCUT2D eigenvalue weighted by Crippen LogP contribution is -2.44. The number of benzene rings is 3. The molecule has 12 heteroatoms. The summed E-state index contributed by atoms with van der Waals surface area (Å²) in [6.07, 6.45) is 0. The van der Waals surface area contributed by atoms with Gasteiger partial charge in [0.1, 0.15) is 17.4 Å². The predicted molar refractivity (Wildman–Crippen MR) is 155 cm³/mol. The van der Waals surface area contributed by atoms with Gasteiger partial charge in [0.15, 0.2) is 12.4 Å². The third-order valence-electron chi connectivity index (χ3n) is 6.55. The van der Waals surface area contributed by atoms with E-state index in [0.717, 1.165) is 11.1 Å². The summed E-state index contributed by atoms with van der Waals surface area (Å²) >= 11 is 0. The van der Waals surface area contributed by atoms with Gasteiger partial charge in [0.25, 0.3) is 5.91 Å². The second-order valence-corrected chi connectivity index (χ2v) is 11.5. The van der Waals surface area contributed by atoms with Crippen LogP contribution in [0.5, 0.6) is 5.75 Å². The number of anilines is 1. The Hall–Kier alpha value is -4.68. The zero-order chi connectivity index (χ0) is 30.6. The van der Waals surface area contributed by atoms with E-state index in [4.69, 9.17) is 9.15 Å². The molecule has 4 aromatic rings. The van der Waals surface area contributed by atoms with Crippen molar-refractivity contribution >= 4 is 44.5 Å². The minimum absolute atomic E-state index is 0.0536. The van der Waals surface area contributed by atoms with E-state index in [2.05, 4.69) is 14.8 Å². The molecule has 0 saturated carbocycles.